The summed E-state index contributed by atoms with van der Waals surface area (Å²) in [6.45, 7) is 0.581. The van der Waals surface area contributed by atoms with E-state index in [0.717, 1.165) is 20.7 Å². The third-order valence-corrected chi connectivity index (χ3v) is 3.00. The fraction of sp³-hybridized carbons (Fsp3) is 0.0909. The van der Waals surface area contributed by atoms with Crippen molar-refractivity contribution in [2.24, 2.45) is 0 Å². The third kappa shape index (κ3) is 2.40. The Bertz CT molecular complexity index is 645. The molecule has 3 aromatic heterocycles. The van der Waals surface area contributed by atoms with Crippen molar-refractivity contribution in [3.8, 4) is 11.3 Å². The summed E-state index contributed by atoms with van der Waals surface area (Å²) >= 11 is 2.22. The molecule has 0 unspecified atom stereocenters. The van der Waals surface area contributed by atoms with Crippen molar-refractivity contribution in [1.82, 2.24) is 29.9 Å². The number of hydrogen-bond donors (Lipinski definition) is 1. The number of H-pyrrole nitrogens is 1. The molecule has 0 aliphatic carbocycles. The highest BCUT2D eigenvalue weighted by atomic mass is 127. The predicted molar refractivity (Wildman–Crippen MR) is 73.7 cm³/mol. The van der Waals surface area contributed by atoms with Crippen LogP contribution >= 0.6 is 22.6 Å². The van der Waals surface area contributed by atoms with Crippen LogP contribution in [0.5, 0.6) is 0 Å². The SMILES string of the molecule is Ic1cncc(-c2cn(Cc3ncc[nH]3)nn2)c1. The second-order valence-electron chi connectivity index (χ2n) is 3.73. The van der Waals surface area contributed by atoms with Crippen LogP contribution in [-0.4, -0.2) is 29.9 Å². The van der Waals surface area contributed by atoms with E-state index in [1.165, 1.54) is 0 Å². The van der Waals surface area contributed by atoms with Gasteiger partial charge in [-0.15, -0.1) is 5.10 Å². The number of aromatic nitrogens is 6. The smallest absolute Gasteiger partial charge is 0.127 e. The van der Waals surface area contributed by atoms with Crippen LogP contribution in [0, 0.1) is 3.57 Å². The van der Waals surface area contributed by atoms with Gasteiger partial charge in [0.1, 0.15) is 18.1 Å². The van der Waals surface area contributed by atoms with Gasteiger partial charge in [-0.05, 0) is 28.7 Å². The van der Waals surface area contributed by atoms with Crippen molar-refractivity contribution < 1.29 is 0 Å². The van der Waals surface area contributed by atoms with E-state index in [2.05, 4.69) is 47.9 Å². The van der Waals surface area contributed by atoms with Crippen LogP contribution in [0.15, 0.2) is 37.1 Å². The molecular formula is C11H9IN6. The molecule has 0 aliphatic heterocycles. The molecule has 90 valence electrons. The Morgan fingerprint density at radius 3 is 3.06 bits per heavy atom. The molecule has 18 heavy (non-hydrogen) atoms. The molecular weight excluding hydrogens is 343 g/mol. The fourth-order valence-electron chi connectivity index (χ4n) is 1.60. The standard InChI is InChI=1S/C11H9IN6/c12-9-3-8(4-13-5-9)10-6-18(17-16-10)7-11-14-1-2-15-11/h1-6H,7H2,(H,14,15). The molecule has 6 nitrogen and oxygen atoms in total. The molecule has 0 radical (unpaired) electrons. The van der Waals surface area contributed by atoms with Gasteiger partial charge in [0, 0.05) is 33.9 Å². The van der Waals surface area contributed by atoms with Gasteiger partial charge in [-0.1, -0.05) is 5.21 Å². The van der Waals surface area contributed by atoms with E-state index < -0.39 is 0 Å². The molecule has 1 N–H and O–H groups in total. The zero-order valence-electron chi connectivity index (χ0n) is 9.29. The first-order valence-electron chi connectivity index (χ1n) is 5.30. The number of pyridine rings is 1. The minimum Gasteiger partial charge on any atom is -0.347 e. The van der Waals surface area contributed by atoms with E-state index in [1.54, 1.807) is 29.5 Å². The van der Waals surface area contributed by atoms with Crippen LogP contribution in [-0.2, 0) is 6.54 Å². The van der Waals surface area contributed by atoms with E-state index >= 15 is 0 Å². The topological polar surface area (TPSA) is 72.3 Å². The number of imidazole rings is 1. The zero-order chi connectivity index (χ0) is 12.4. The Morgan fingerprint density at radius 2 is 2.28 bits per heavy atom. The van der Waals surface area contributed by atoms with Crippen molar-refractivity contribution in [2.75, 3.05) is 0 Å². The Labute approximate surface area is 117 Å². The minimum atomic E-state index is 0.581. The molecule has 0 fully saturated rings. The quantitative estimate of drug-likeness (QED) is 0.729. The Hall–Kier alpha value is -1.77. The number of aromatic amines is 1. The molecule has 0 aliphatic rings. The van der Waals surface area contributed by atoms with Gasteiger partial charge < -0.3 is 4.98 Å². The van der Waals surface area contributed by atoms with E-state index in [4.69, 9.17) is 0 Å². The van der Waals surface area contributed by atoms with Gasteiger partial charge in [0.05, 0.1) is 6.20 Å². The van der Waals surface area contributed by atoms with Gasteiger partial charge in [-0.25, -0.2) is 9.67 Å². The average Bonchev–Trinajstić information content (AvgIpc) is 3.01. The van der Waals surface area contributed by atoms with Crippen LogP contribution in [0.1, 0.15) is 5.82 Å². The van der Waals surface area contributed by atoms with Gasteiger partial charge in [-0.3, -0.25) is 4.98 Å². The lowest BCUT2D eigenvalue weighted by molar-refractivity contribution is 0.629. The highest BCUT2D eigenvalue weighted by Gasteiger charge is 2.05. The molecule has 3 aromatic rings. The normalized spacial score (nSPS) is 10.7. The van der Waals surface area contributed by atoms with Crippen molar-refractivity contribution in [3.63, 3.8) is 0 Å². The lowest BCUT2D eigenvalue weighted by Gasteiger charge is -1.96. The minimum absolute atomic E-state index is 0.581. The number of hydrogen-bond acceptors (Lipinski definition) is 4. The van der Waals surface area contributed by atoms with Crippen molar-refractivity contribution in [3.05, 3.63) is 46.4 Å². The van der Waals surface area contributed by atoms with E-state index in [-0.39, 0.29) is 0 Å². The summed E-state index contributed by atoms with van der Waals surface area (Å²) in [4.78, 5) is 11.3. The summed E-state index contributed by atoms with van der Waals surface area (Å²) < 4.78 is 2.82. The van der Waals surface area contributed by atoms with Crippen molar-refractivity contribution in [1.29, 1.82) is 0 Å². The molecule has 0 spiro atoms. The molecule has 0 atom stereocenters. The summed E-state index contributed by atoms with van der Waals surface area (Å²) in [5, 5.41) is 8.21. The third-order valence-electron chi connectivity index (χ3n) is 2.41. The lowest BCUT2D eigenvalue weighted by atomic mass is 10.2. The van der Waals surface area contributed by atoms with Gasteiger partial charge >= 0.3 is 0 Å². The second-order valence-corrected chi connectivity index (χ2v) is 4.97. The van der Waals surface area contributed by atoms with Crippen molar-refractivity contribution >= 4 is 22.6 Å². The number of halogens is 1. The summed E-state index contributed by atoms with van der Waals surface area (Å²) in [5.74, 6) is 0.854. The number of rotatable bonds is 3. The zero-order valence-corrected chi connectivity index (χ0v) is 11.4. The summed E-state index contributed by atoms with van der Waals surface area (Å²) in [5.41, 5.74) is 1.78. The lowest BCUT2D eigenvalue weighted by Crippen LogP contribution is -2.01. The maximum Gasteiger partial charge on any atom is 0.127 e. The maximum absolute atomic E-state index is 4.15. The molecule has 0 saturated carbocycles. The van der Waals surface area contributed by atoms with Crippen LogP contribution in [0.25, 0.3) is 11.3 Å². The van der Waals surface area contributed by atoms with Gasteiger partial charge in [0.15, 0.2) is 0 Å². The van der Waals surface area contributed by atoms with Gasteiger partial charge in [0.2, 0.25) is 0 Å². The fourth-order valence-corrected chi connectivity index (χ4v) is 2.09. The number of nitrogens with one attached hydrogen (secondary N) is 1. The first kappa shape index (κ1) is 11.3. The van der Waals surface area contributed by atoms with Crippen LogP contribution in [0.4, 0.5) is 0 Å². The highest BCUT2D eigenvalue weighted by Crippen LogP contribution is 2.17. The molecule has 3 heterocycles. The average molecular weight is 352 g/mol. The van der Waals surface area contributed by atoms with Gasteiger partial charge in [0.25, 0.3) is 0 Å². The Balaban J connectivity index is 1.85. The van der Waals surface area contributed by atoms with Crippen LogP contribution < -0.4 is 0 Å². The summed E-state index contributed by atoms with van der Waals surface area (Å²) in [7, 11) is 0. The Morgan fingerprint density at radius 1 is 1.33 bits per heavy atom. The van der Waals surface area contributed by atoms with E-state index in [9.17, 15) is 0 Å². The summed E-state index contributed by atoms with van der Waals surface area (Å²) in [6, 6.07) is 2.02. The molecule has 0 bridgehead atoms. The van der Waals surface area contributed by atoms with Crippen LogP contribution in [0.2, 0.25) is 0 Å². The first-order chi connectivity index (χ1) is 8.81. The van der Waals surface area contributed by atoms with E-state index in [1.807, 2.05) is 12.3 Å². The molecule has 7 heteroatoms. The van der Waals surface area contributed by atoms with Gasteiger partial charge in [-0.2, -0.15) is 0 Å². The molecule has 3 rings (SSSR count). The largest absolute Gasteiger partial charge is 0.347 e. The first-order valence-corrected chi connectivity index (χ1v) is 6.38. The maximum atomic E-state index is 4.15. The van der Waals surface area contributed by atoms with Crippen LogP contribution in [0.3, 0.4) is 0 Å². The predicted octanol–water partition coefficient (Wildman–Crippen LogP) is 1.72. The molecule has 0 saturated heterocycles. The molecule has 0 amide bonds. The van der Waals surface area contributed by atoms with Crippen molar-refractivity contribution in [2.45, 2.75) is 6.54 Å². The monoisotopic (exact) mass is 352 g/mol. The number of nitrogens with zero attached hydrogens (tertiary/aromatic N) is 5. The second kappa shape index (κ2) is 4.84. The highest BCUT2D eigenvalue weighted by molar-refractivity contribution is 14.1. The van der Waals surface area contributed by atoms with E-state index in [0.29, 0.717) is 6.54 Å². The Kier molecular flexibility index (Phi) is 3.05. The summed E-state index contributed by atoms with van der Waals surface area (Å²) in [6.07, 6.45) is 8.98. The molecule has 0 aromatic carbocycles.